The van der Waals surface area contributed by atoms with E-state index in [-0.39, 0.29) is 36.9 Å². The summed E-state index contributed by atoms with van der Waals surface area (Å²) in [4.78, 5) is 51.4. The molecule has 3 aromatic rings. The van der Waals surface area contributed by atoms with Crippen LogP contribution in [0.15, 0.2) is 53.9 Å². The number of hydrogen-bond acceptors (Lipinski definition) is 10. The maximum atomic E-state index is 14.0. The zero-order valence-corrected chi connectivity index (χ0v) is 35.4. The number of aliphatic hydroxyl groups excluding tert-OH is 1. The van der Waals surface area contributed by atoms with Crippen LogP contribution in [0.2, 0.25) is 0 Å². The van der Waals surface area contributed by atoms with Gasteiger partial charge in [-0.2, -0.15) is 0 Å². The van der Waals surface area contributed by atoms with Crippen LogP contribution < -0.4 is 25.4 Å². The van der Waals surface area contributed by atoms with Crippen LogP contribution in [0, 0.1) is 11.8 Å². The molecule has 4 amide bonds. The standard InChI is InChI=1S/C42H63N7O6S/c1-10-38-44-31(27-56-38)24-47(7)41(53)43-22-32(28(2)3)39(51)45-33(20-29-14-12-11-13-15-29)35(50)26-49-19-18-48(25-34(49)40(52)46-42(4,5)6)23-30-16-17-36(54-8)37(21-30)55-9/h11-17,21,27-28,32-35,50H,10,18-20,22-26H2,1-9H3,(H,43,53)(H,45,51)(H,46,52)/t32-,33-,34-,35+/m1/s1. The van der Waals surface area contributed by atoms with Gasteiger partial charge in [0.05, 0.1) is 49.5 Å². The van der Waals surface area contributed by atoms with E-state index in [9.17, 15) is 19.5 Å². The van der Waals surface area contributed by atoms with Gasteiger partial charge in [0.2, 0.25) is 11.8 Å². The van der Waals surface area contributed by atoms with Crippen molar-refractivity contribution in [1.82, 2.24) is 35.6 Å². The average Bonchev–Trinajstić information content (AvgIpc) is 3.62. The average molecular weight is 794 g/mol. The number of benzene rings is 2. The molecule has 0 radical (unpaired) electrons. The zero-order chi connectivity index (χ0) is 41.0. The number of urea groups is 1. The lowest BCUT2D eigenvalue weighted by Crippen LogP contribution is -2.63. The van der Waals surface area contributed by atoms with E-state index >= 15 is 0 Å². The van der Waals surface area contributed by atoms with Crippen molar-refractivity contribution in [2.45, 2.75) is 91.2 Å². The van der Waals surface area contributed by atoms with Gasteiger partial charge >= 0.3 is 6.03 Å². The molecule has 13 nitrogen and oxygen atoms in total. The molecule has 1 aromatic heterocycles. The highest BCUT2D eigenvalue weighted by Gasteiger charge is 2.37. The number of aliphatic hydroxyl groups is 1. The Bertz CT molecular complexity index is 1710. The number of amides is 4. The second kappa shape index (κ2) is 20.8. The van der Waals surface area contributed by atoms with Gasteiger partial charge in [-0.05, 0) is 62.8 Å². The number of methoxy groups -OCH3 is 2. The molecule has 308 valence electrons. The number of aromatic nitrogens is 1. The van der Waals surface area contributed by atoms with Crippen LogP contribution >= 0.6 is 11.3 Å². The van der Waals surface area contributed by atoms with E-state index in [1.54, 1.807) is 37.5 Å². The number of nitrogens with one attached hydrogen (secondary N) is 3. The fourth-order valence-corrected chi connectivity index (χ4v) is 7.58. The highest BCUT2D eigenvalue weighted by atomic mass is 32.1. The highest BCUT2D eigenvalue weighted by Crippen LogP contribution is 2.28. The lowest BCUT2D eigenvalue weighted by molar-refractivity contribution is -0.132. The lowest BCUT2D eigenvalue weighted by Gasteiger charge is -2.43. The smallest absolute Gasteiger partial charge is 0.317 e. The summed E-state index contributed by atoms with van der Waals surface area (Å²) >= 11 is 1.58. The van der Waals surface area contributed by atoms with Crippen molar-refractivity contribution in [1.29, 1.82) is 0 Å². The molecule has 56 heavy (non-hydrogen) atoms. The van der Waals surface area contributed by atoms with Crippen LogP contribution in [0.5, 0.6) is 11.5 Å². The predicted octanol–water partition coefficient (Wildman–Crippen LogP) is 4.33. The van der Waals surface area contributed by atoms with Crippen molar-refractivity contribution >= 4 is 29.2 Å². The summed E-state index contributed by atoms with van der Waals surface area (Å²) in [5.74, 6) is 0.286. The largest absolute Gasteiger partial charge is 0.493 e. The molecule has 0 bridgehead atoms. The van der Waals surface area contributed by atoms with Gasteiger partial charge < -0.3 is 35.4 Å². The molecule has 0 spiro atoms. The third-order valence-corrected chi connectivity index (χ3v) is 11.0. The summed E-state index contributed by atoms with van der Waals surface area (Å²) in [6, 6.07) is 14.1. The minimum atomic E-state index is -0.999. The Kier molecular flexibility index (Phi) is 16.5. The Morgan fingerprint density at radius 1 is 1.04 bits per heavy atom. The molecular weight excluding hydrogens is 731 g/mol. The first-order valence-corrected chi connectivity index (χ1v) is 20.4. The number of carbonyl (C=O) groups excluding carboxylic acids is 3. The molecule has 1 fully saturated rings. The van der Waals surface area contributed by atoms with Gasteiger partial charge in [0.1, 0.15) is 6.04 Å². The van der Waals surface area contributed by atoms with Crippen LogP contribution in [0.4, 0.5) is 4.79 Å². The Morgan fingerprint density at radius 2 is 1.75 bits per heavy atom. The van der Waals surface area contributed by atoms with Crippen molar-refractivity contribution < 1.29 is 29.0 Å². The van der Waals surface area contributed by atoms with E-state index in [1.165, 1.54) is 0 Å². The van der Waals surface area contributed by atoms with Gasteiger partial charge in [0, 0.05) is 57.2 Å². The molecule has 0 aliphatic carbocycles. The van der Waals surface area contributed by atoms with E-state index in [0.717, 1.165) is 28.2 Å². The van der Waals surface area contributed by atoms with Crippen LogP contribution in [0.1, 0.15) is 63.4 Å². The quantitative estimate of drug-likeness (QED) is 0.148. The van der Waals surface area contributed by atoms with Gasteiger partial charge in [-0.1, -0.05) is 57.2 Å². The van der Waals surface area contributed by atoms with Crippen molar-refractivity contribution in [3.8, 4) is 11.5 Å². The Hall–Kier alpha value is -4.24. The summed E-state index contributed by atoms with van der Waals surface area (Å²) in [5.41, 5.74) is 2.37. The van der Waals surface area contributed by atoms with Crippen molar-refractivity contribution in [3.05, 3.63) is 75.7 Å². The van der Waals surface area contributed by atoms with E-state index in [1.807, 2.05) is 100 Å². The molecule has 4 N–H and O–H groups in total. The van der Waals surface area contributed by atoms with Crippen LogP contribution in [0.3, 0.4) is 0 Å². The lowest BCUT2D eigenvalue weighted by atomic mass is 9.93. The van der Waals surface area contributed by atoms with E-state index in [0.29, 0.717) is 50.6 Å². The second-order valence-electron chi connectivity index (χ2n) is 16.0. The molecule has 0 saturated carbocycles. The molecular formula is C42H63N7O6S. The first kappa shape index (κ1) is 44.5. The number of hydrogen-bond donors (Lipinski definition) is 4. The van der Waals surface area contributed by atoms with Crippen molar-refractivity contribution in [3.63, 3.8) is 0 Å². The highest BCUT2D eigenvalue weighted by molar-refractivity contribution is 7.09. The van der Waals surface area contributed by atoms with Gasteiger partial charge in [-0.15, -0.1) is 11.3 Å². The maximum Gasteiger partial charge on any atom is 0.317 e. The minimum absolute atomic E-state index is 0.0926. The molecule has 1 aliphatic rings. The summed E-state index contributed by atoms with van der Waals surface area (Å²) in [5, 5.41) is 24.2. The fraction of sp³-hybridized carbons (Fsp3) is 0.571. The topological polar surface area (TPSA) is 149 Å². The summed E-state index contributed by atoms with van der Waals surface area (Å²) < 4.78 is 10.9. The monoisotopic (exact) mass is 793 g/mol. The predicted molar refractivity (Wildman–Crippen MR) is 221 cm³/mol. The molecule has 4 rings (SSSR count). The summed E-state index contributed by atoms with van der Waals surface area (Å²) in [6.07, 6.45) is 0.234. The fourth-order valence-electron chi connectivity index (χ4n) is 6.85. The van der Waals surface area contributed by atoms with Crippen molar-refractivity contribution in [2.75, 3.05) is 54.0 Å². The third-order valence-electron chi connectivity index (χ3n) is 10.0. The Balaban J connectivity index is 1.48. The molecule has 1 saturated heterocycles. The van der Waals surface area contributed by atoms with E-state index < -0.39 is 29.6 Å². The number of thiazole rings is 1. The van der Waals surface area contributed by atoms with Crippen LogP contribution in [-0.4, -0.2) is 120 Å². The number of piperazine rings is 1. The van der Waals surface area contributed by atoms with Gasteiger partial charge in [-0.25, -0.2) is 9.78 Å². The number of aryl methyl sites for hydroxylation is 1. The van der Waals surface area contributed by atoms with Gasteiger partial charge in [0.15, 0.2) is 11.5 Å². The number of ether oxygens (including phenoxy) is 2. The Morgan fingerprint density at radius 3 is 2.38 bits per heavy atom. The van der Waals surface area contributed by atoms with Crippen LogP contribution in [-0.2, 0) is 35.5 Å². The number of β-amino-alcohol motifs (C(OH)–C–C–N with tert-alkyl or cyclic N) is 1. The van der Waals surface area contributed by atoms with E-state index in [4.69, 9.17) is 9.47 Å². The first-order valence-electron chi connectivity index (χ1n) is 19.5. The van der Waals surface area contributed by atoms with E-state index in [2.05, 4.69) is 25.8 Å². The Labute approximate surface area is 337 Å². The normalized spacial score (nSPS) is 16.8. The van der Waals surface area contributed by atoms with Crippen LogP contribution in [0.25, 0.3) is 0 Å². The van der Waals surface area contributed by atoms with Gasteiger partial charge in [0.25, 0.3) is 0 Å². The number of carbonyl (C=O) groups is 3. The number of rotatable bonds is 18. The maximum absolute atomic E-state index is 14.0. The minimum Gasteiger partial charge on any atom is -0.493 e. The SMILES string of the molecule is CCc1nc(CN(C)C(=O)NC[C@@H](C(=O)N[C@H](Cc2ccccc2)[C@@H](O)CN2CCN(Cc3ccc(OC)c(OC)c3)C[C@@H]2C(=O)NC(C)(C)C)C(C)C)cs1. The molecule has 0 unspecified atom stereocenters. The second-order valence-corrected chi connectivity index (χ2v) is 17.0. The number of nitrogens with zero attached hydrogens (tertiary/aromatic N) is 4. The molecule has 2 heterocycles. The molecule has 2 aromatic carbocycles. The first-order chi connectivity index (χ1) is 26.6. The summed E-state index contributed by atoms with van der Waals surface area (Å²) in [6.45, 7) is 14.7. The zero-order valence-electron chi connectivity index (χ0n) is 34.6. The molecule has 4 atom stereocenters. The van der Waals surface area contributed by atoms with Gasteiger partial charge in [-0.3, -0.25) is 19.4 Å². The third kappa shape index (κ3) is 13.2. The molecule has 1 aliphatic heterocycles. The van der Waals surface area contributed by atoms with Crippen molar-refractivity contribution in [2.24, 2.45) is 11.8 Å². The summed E-state index contributed by atoms with van der Waals surface area (Å²) in [7, 11) is 4.93. The molecule has 14 heteroatoms.